The quantitative estimate of drug-likeness (QED) is 0.0315. The molecule has 0 aromatic heterocycles. The summed E-state index contributed by atoms with van der Waals surface area (Å²) in [5, 5.41) is 0. The van der Waals surface area contributed by atoms with Crippen molar-refractivity contribution in [1.82, 2.24) is 0 Å². The Balaban J connectivity index is 1.06. The van der Waals surface area contributed by atoms with E-state index in [1.54, 1.807) is 17.2 Å². The number of hydrogen-bond donors (Lipinski definition) is 0. The van der Waals surface area contributed by atoms with E-state index in [0.717, 1.165) is 56.6 Å². The van der Waals surface area contributed by atoms with Crippen LogP contribution in [0.15, 0.2) is 121 Å². The third-order valence-corrected chi connectivity index (χ3v) is 16.1. The summed E-state index contributed by atoms with van der Waals surface area (Å²) in [7, 11) is 0. The van der Waals surface area contributed by atoms with Gasteiger partial charge in [0.15, 0.2) is 0 Å². The molecular weight excluding hydrogens is 821 g/mol. The number of esters is 1. The molecule has 5 aromatic rings. The van der Waals surface area contributed by atoms with Gasteiger partial charge in [0.1, 0.15) is 11.5 Å². The molecule has 67 heavy (non-hydrogen) atoms. The van der Waals surface area contributed by atoms with Gasteiger partial charge in [0.05, 0.1) is 19.8 Å². The Bertz CT molecular complexity index is 2350. The normalized spacial score (nSPS) is 20.1. The van der Waals surface area contributed by atoms with Crippen LogP contribution in [0.25, 0.3) is 44.5 Å². The fourth-order valence-electron chi connectivity index (χ4n) is 12.8. The largest absolute Gasteiger partial charge is 0.494 e. The summed E-state index contributed by atoms with van der Waals surface area (Å²) in [6, 6.07) is 41.9. The van der Waals surface area contributed by atoms with Crippen LogP contribution >= 0.6 is 0 Å². The predicted molar refractivity (Wildman–Crippen MR) is 280 cm³/mol. The van der Waals surface area contributed by atoms with Crippen LogP contribution in [0.3, 0.4) is 0 Å². The Labute approximate surface area is 403 Å². The third kappa shape index (κ3) is 10.2. The Kier molecular flexibility index (Phi) is 16.5. The zero-order valence-electron chi connectivity index (χ0n) is 41.4. The van der Waals surface area contributed by atoms with Crippen LogP contribution in [0.5, 0.6) is 11.5 Å². The van der Waals surface area contributed by atoms with E-state index in [2.05, 4.69) is 130 Å². The molecule has 0 atom stereocenters. The highest BCUT2D eigenvalue weighted by Gasteiger charge is 2.74. The predicted octanol–water partition coefficient (Wildman–Crippen LogP) is 17.7. The number of unbranched alkanes of at least 4 members (excludes halogenated alkanes) is 10. The lowest BCUT2D eigenvalue weighted by Crippen LogP contribution is -2.45. The van der Waals surface area contributed by atoms with Crippen LogP contribution in [0.1, 0.15) is 167 Å². The molecule has 2 bridgehead atoms. The second-order valence-corrected chi connectivity index (χ2v) is 20.2. The van der Waals surface area contributed by atoms with E-state index in [4.69, 9.17) is 14.2 Å². The molecular formula is C63H78O4. The van der Waals surface area contributed by atoms with Gasteiger partial charge in [-0.25, -0.2) is 4.79 Å². The summed E-state index contributed by atoms with van der Waals surface area (Å²) < 4.78 is 17.5. The number of rotatable bonds is 26. The molecule has 2 saturated carbocycles. The second kappa shape index (κ2) is 22.8. The van der Waals surface area contributed by atoms with Crippen molar-refractivity contribution >= 4 is 5.97 Å². The zero-order valence-corrected chi connectivity index (χ0v) is 41.4. The summed E-state index contributed by atoms with van der Waals surface area (Å²) >= 11 is 0. The molecule has 3 aliphatic carbocycles. The summed E-state index contributed by atoms with van der Waals surface area (Å²) in [6.07, 6.45) is 27.7. The third-order valence-electron chi connectivity index (χ3n) is 16.1. The van der Waals surface area contributed by atoms with E-state index in [9.17, 15) is 4.79 Å². The Morgan fingerprint density at radius 3 is 1.28 bits per heavy atom. The molecule has 5 aromatic carbocycles. The molecule has 4 heteroatoms. The zero-order chi connectivity index (χ0) is 46.5. The van der Waals surface area contributed by atoms with E-state index in [0.29, 0.717) is 13.2 Å². The number of carbonyl (C=O) groups is 1. The van der Waals surface area contributed by atoms with Crippen LogP contribution in [0.4, 0.5) is 0 Å². The fraction of sp³-hybridized carbons (Fsp3) is 0.476. The summed E-state index contributed by atoms with van der Waals surface area (Å²) in [4.78, 5) is 11.5. The molecule has 0 N–H and O–H groups in total. The average Bonchev–Trinajstić information content (AvgIpc) is 3.93. The number of carbonyl (C=O) groups excluding carboxylic acids is 1. The lowest BCUT2D eigenvalue weighted by atomic mass is 9.54. The van der Waals surface area contributed by atoms with Gasteiger partial charge in [-0.1, -0.05) is 170 Å². The van der Waals surface area contributed by atoms with Gasteiger partial charge in [-0.2, -0.15) is 0 Å². The summed E-state index contributed by atoms with van der Waals surface area (Å²) in [6.45, 7) is 10.8. The monoisotopic (exact) mass is 899 g/mol. The van der Waals surface area contributed by atoms with Gasteiger partial charge >= 0.3 is 5.97 Å². The highest BCUT2D eigenvalue weighted by atomic mass is 16.5. The molecule has 8 rings (SSSR count). The van der Waals surface area contributed by atoms with Crippen LogP contribution in [0.2, 0.25) is 0 Å². The van der Waals surface area contributed by atoms with Crippen molar-refractivity contribution in [3.8, 4) is 56.0 Å². The summed E-state index contributed by atoms with van der Waals surface area (Å²) in [5.41, 5.74) is 14.4. The smallest absolute Gasteiger partial charge is 0.330 e. The Morgan fingerprint density at radius 2 is 0.836 bits per heavy atom. The standard InChI is InChI=1S/C63H78O4/c1-5-9-15-37-61-39-41-62(42-40-61,38-16-10-6-2)63(61)58-46-52(50-23-21-48(22-24-50)49-25-31-54(32-26-49)65-43-17-11-7-3)29-35-56(58)57-36-30-53(47-59(57)63)51-27-33-55(34-28-51)66-44-18-13-12-14-19-45-67-60(64)20-8-4/h8,20-36,46-47H,5-7,9-19,37-45H2,1-4H3/b20-8+. The fourth-order valence-corrected chi connectivity index (χ4v) is 12.8. The van der Waals surface area contributed by atoms with Crippen LogP contribution in [-0.4, -0.2) is 25.8 Å². The lowest BCUT2D eigenvalue weighted by Gasteiger charge is -2.48. The highest BCUT2D eigenvalue weighted by Crippen LogP contribution is 2.81. The first kappa shape index (κ1) is 48.4. The first-order valence-electron chi connectivity index (χ1n) is 26.6. The molecule has 0 saturated heterocycles. The molecule has 3 aliphatic rings. The SMILES string of the molecule is C/C=C/C(=O)OCCCCCCCOc1ccc(-c2ccc3c(c2)C2(c4cc(-c5ccc(-c6ccc(OCCCCC)cc6)cc5)ccc4-3)C3(CCCCC)CCC2(CCCCC)CC3)cc1. The summed E-state index contributed by atoms with van der Waals surface area (Å²) in [5.74, 6) is 1.64. The first-order chi connectivity index (χ1) is 32.9. The number of benzene rings is 5. The van der Waals surface area contributed by atoms with E-state index in [1.807, 2.05) is 6.92 Å². The van der Waals surface area contributed by atoms with Crippen molar-refractivity contribution in [1.29, 1.82) is 0 Å². The molecule has 0 unspecified atom stereocenters. The van der Waals surface area contributed by atoms with Crippen molar-refractivity contribution in [2.45, 2.75) is 162 Å². The topological polar surface area (TPSA) is 44.8 Å². The van der Waals surface area contributed by atoms with Crippen LogP contribution in [0, 0.1) is 10.8 Å². The van der Waals surface area contributed by atoms with Gasteiger partial charge < -0.3 is 14.2 Å². The van der Waals surface area contributed by atoms with Gasteiger partial charge in [-0.15, -0.1) is 0 Å². The van der Waals surface area contributed by atoms with Crippen molar-refractivity contribution in [2.75, 3.05) is 19.8 Å². The minimum Gasteiger partial charge on any atom is -0.494 e. The lowest BCUT2D eigenvalue weighted by molar-refractivity contribution is -0.137. The van der Waals surface area contributed by atoms with Gasteiger partial charge in [0.25, 0.3) is 0 Å². The van der Waals surface area contributed by atoms with E-state index in [1.165, 1.54) is 140 Å². The molecule has 0 aliphatic heterocycles. The molecule has 4 nitrogen and oxygen atoms in total. The van der Waals surface area contributed by atoms with Crippen molar-refractivity contribution in [3.05, 3.63) is 132 Å². The van der Waals surface area contributed by atoms with Gasteiger partial charge in [0.2, 0.25) is 0 Å². The number of fused-ring (bicyclic) bond motifs is 3. The molecule has 0 amide bonds. The van der Waals surface area contributed by atoms with E-state index < -0.39 is 0 Å². The molecule has 1 spiro atoms. The van der Waals surface area contributed by atoms with Crippen molar-refractivity contribution in [3.63, 3.8) is 0 Å². The van der Waals surface area contributed by atoms with Crippen molar-refractivity contribution < 1.29 is 19.0 Å². The highest BCUT2D eigenvalue weighted by molar-refractivity contribution is 5.88. The van der Waals surface area contributed by atoms with Gasteiger partial charge in [0, 0.05) is 11.5 Å². The molecule has 0 radical (unpaired) electrons. The Morgan fingerprint density at radius 1 is 0.463 bits per heavy atom. The van der Waals surface area contributed by atoms with Crippen molar-refractivity contribution in [2.24, 2.45) is 10.8 Å². The van der Waals surface area contributed by atoms with Crippen LogP contribution < -0.4 is 9.47 Å². The number of ether oxygens (including phenoxy) is 3. The molecule has 0 heterocycles. The number of hydrogen-bond acceptors (Lipinski definition) is 4. The van der Waals surface area contributed by atoms with E-state index >= 15 is 0 Å². The van der Waals surface area contributed by atoms with Gasteiger partial charge in [-0.3, -0.25) is 0 Å². The van der Waals surface area contributed by atoms with Gasteiger partial charge in [-0.05, 0) is 168 Å². The second-order valence-electron chi connectivity index (χ2n) is 20.2. The maximum atomic E-state index is 11.5. The molecule has 2 fully saturated rings. The minimum atomic E-state index is -0.250. The maximum absolute atomic E-state index is 11.5. The average molecular weight is 899 g/mol. The number of allylic oxidation sites excluding steroid dienone is 1. The minimum absolute atomic E-state index is 0.00162. The van der Waals surface area contributed by atoms with Crippen LogP contribution in [-0.2, 0) is 14.9 Å². The van der Waals surface area contributed by atoms with E-state index in [-0.39, 0.29) is 22.2 Å². The Hall–Kier alpha value is -5.09. The maximum Gasteiger partial charge on any atom is 0.330 e. The first-order valence-corrected chi connectivity index (χ1v) is 26.6. The molecule has 354 valence electrons.